The summed E-state index contributed by atoms with van der Waals surface area (Å²) in [5.41, 5.74) is 0.332. The van der Waals surface area contributed by atoms with E-state index >= 15 is 0 Å². The maximum Gasteiger partial charge on any atom is 0.212 e. The summed E-state index contributed by atoms with van der Waals surface area (Å²) in [6.45, 7) is 0. The number of Topliss-reactive ketones (excluding diaryl/α,β-unsaturated/α-hetero) is 1. The number of halogens is 4. The first-order valence-corrected chi connectivity index (χ1v) is 6.35. The smallest absolute Gasteiger partial charge is 0.212 e. The average molecular weight is 349 g/mol. The molecule has 1 aromatic carbocycles. The lowest BCUT2D eigenvalue weighted by Crippen LogP contribution is -2.20. The van der Waals surface area contributed by atoms with Crippen LogP contribution in [0.3, 0.4) is 0 Å². The number of allylic oxidation sites excluding steroid dienone is 4. The van der Waals surface area contributed by atoms with Crippen molar-refractivity contribution in [3.63, 3.8) is 0 Å². The molecule has 1 aliphatic carbocycles. The third-order valence-corrected chi connectivity index (χ3v) is 3.46. The van der Waals surface area contributed by atoms with Gasteiger partial charge in [-0.15, -0.1) is 0 Å². The number of ketones is 1. The number of methoxy groups -OCH3 is 1. The zero-order valence-electron chi connectivity index (χ0n) is 9.64. The predicted molar refractivity (Wildman–Crippen MR) is 69.9 cm³/mol. The van der Waals surface area contributed by atoms with Crippen LogP contribution in [0.2, 0.25) is 5.02 Å². The Bertz CT molecular complexity index is 611. The van der Waals surface area contributed by atoms with E-state index in [0.29, 0.717) is 10.0 Å². The molecule has 0 aliphatic heterocycles. The molecule has 0 heterocycles. The normalized spacial score (nSPS) is 19.5. The van der Waals surface area contributed by atoms with Crippen LogP contribution >= 0.6 is 27.5 Å². The number of hydrogen-bond donors (Lipinski definition) is 0. The maximum absolute atomic E-state index is 13.4. The van der Waals surface area contributed by atoms with Crippen molar-refractivity contribution in [1.29, 1.82) is 0 Å². The first kappa shape index (κ1) is 14.2. The minimum absolute atomic E-state index is 0.264. The van der Waals surface area contributed by atoms with Gasteiger partial charge in [-0.05, 0) is 23.8 Å². The molecular formula is C13H7BrClF2O2. The van der Waals surface area contributed by atoms with Crippen LogP contribution in [0.1, 0.15) is 11.5 Å². The Morgan fingerprint density at radius 2 is 2.11 bits per heavy atom. The molecule has 1 radical (unpaired) electrons. The van der Waals surface area contributed by atoms with E-state index in [9.17, 15) is 13.6 Å². The standard InChI is InChI=1S/C13H7BrClF2O2/c1-19-13-11(17)10(16)5-8(12(13)18)7-4-6(14)2-3-9(7)15/h2-4,8H,1H3. The van der Waals surface area contributed by atoms with Gasteiger partial charge >= 0.3 is 0 Å². The van der Waals surface area contributed by atoms with Gasteiger partial charge in [-0.2, -0.15) is 4.39 Å². The molecule has 0 saturated heterocycles. The van der Waals surface area contributed by atoms with Gasteiger partial charge in [-0.25, -0.2) is 4.39 Å². The lowest BCUT2D eigenvalue weighted by molar-refractivity contribution is -0.119. The van der Waals surface area contributed by atoms with Gasteiger partial charge in [-0.1, -0.05) is 27.5 Å². The van der Waals surface area contributed by atoms with Gasteiger partial charge in [0.15, 0.2) is 5.83 Å². The van der Waals surface area contributed by atoms with E-state index < -0.39 is 29.1 Å². The lowest BCUT2D eigenvalue weighted by Gasteiger charge is -2.19. The fourth-order valence-electron chi connectivity index (χ4n) is 1.74. The molecule has 1 aromatic rings. The van der Waals surface area contributed by atoms with Gasteiger partial charge in [0.2, 0.25) is 17.4 Å². The fraction of sp³-hybridized carbons (Fsp3) is 0.154. The van der Waals surface area contributed by atoms with Gasteiger partial charge in [-0.3, -0.25) is 4.79 Å². The highest BCUT2D eigenvalue weighted by Crippen LogP contribution is 2.37. The van der Waals surface area contributed by atoms with Crippen molar-refractivity contribution in [2.75, 3.05) is 7.11 Å². The van der Waals surface area contributed by atoms with Gasteiger partial charge in [0.05, 0.1) is 13.0 Å². The molecule has 0 spiro atoms. The summed E-state index contributed by atoms with van der Waals surface area (Å²) < 4.78 is 32.1. The summed E-state index contributed by atoms with van der Waals surface area (Å²) >= 11 is 9.20. The van der Waals surface area contributed by atoms with Gasteiger partial charge in [0.1, 0.15) is 0 Å². The molecule has 19 heavy (non-hydrogen) atoms. The van der Waals surface area contributed by atoms with Crippen LogP contribution in [0, 0.1) is 6.08 Å². The van der Waals surface area contributed by atoms with Crippen LogP contribution < -0.4 is 0 Å². The van der Waals surface area contributed by atoms with Crippen molar-refractivity contribution in [3.05, 3.63) is 56.7 Å². The molecule has 0 N–H and O–H groups in total. The Labute approximate surface area is 121 Å². The SMILES string of the molecule is COC1=C(F)C(F)=[C]C(c2cc(Br)ccc2Cl)C1=O. The zero-order valence-corrected chi connectivity index (χ0v) is 12.0. The van der Waals surface area contributed by atoms with Gasteiger partial charge in [0.25, 0.3) is 0 Å². The summed E-state index contributed by atoms with van der Waals surface area (Å²) in [6.07, 6.45) is 2.15. The summed E-state index contributed by atoms with van der Waals surface area (Å²) in [5.74, 6) is -5.09. The first-order chi connectivity index (χ1) is 8.95. The van der Waals surface area contributed by atoms with Crippen molar-refractivity contribution in [2.24, 2.45) is 0 Å². The van der Waals surface area contributed by atoms with E-state index in [1.54, 1.807) is 18.2 Å². The molecule has 2 nitrogen and oxygen atoms in total. The largest absolute Gasteiger partial charge is 0.490 e. The molecule has 1 unspecified atom stereocenters. The van der Waals surface area contributed by atoms with E-state index in [-0.39, 0.29) is 5.02 Å². The second kappa shape index (κ2) is 5.43. The highest BCUT2D eigenvalue weighted by atomic mass is 79.9. The summed E-state index contributed by atoms with van der Waals surface area (Å²) in [7, 11) is 1.10. The monoisotopic (exact) mass is 347 g/mol. The summed E-state index contributed by atoms with van der Waals surface area (Å²) in [6, 6.07) is 4.78. The Hall–Kier alpha value is -1.20. The highest BCUT2D eigenvalue weighted by molar-refractivity contribution is 9.10. The Kier molecular flexibility index (Phi) is 4.06. The van der Waals surface area contributed by atoms with E-state index in [1.165, 1.54) is 0 Å². The number of rotatable bonds is 2. The minimum atomic E-state index is -1.34. The van der Waals surface area contributed by atoms with Crippen LogP contribution in [0.25, 0.3) is 0 Å². The minimum Gasteiger partial charge on any atom is -0.490 e. The highest BCUT2D eigenvalue weighted by Gasteiger charge is 2.34. The molecule has 0 amide bonds. The van der Waals surface area contributed by atoms with Crippen LogP contribution in [0.5, 0.6) is 0 Å². The van der Waals surface area contributed by atoms with Crippen LogP contribution in [0.4, 0.5) is 8.78 Å². The maximum atomic E-state index is 13.4. The first-order valence-electron chi connectivity index (χ1n) is 5.18. The second-order valence-corrected chi connectivity index (χ2v) is 5.09. The number of carbonyl (C=O) groups excluding carboxylic acids is 1. The molecular weight excluding hydrogens is 341 g/mol. The number of carbonyl (C=O) groups is 1. The third-order valence-electron chi connectivity index (χ3n) is 2.62. The zero-order chi connectivity index (χ0) is 14.2. The van der Waals surface area contributed by atoms with Crippen molar-refractivity contribution >= 4 is 33.3 Å². The van der Waals surface area contributed by atoms with Crippen LogP contribution in [-0.2, 0) is 9.53 Å². The Balaban J connectivity index is 2.53. The quantitative estimate of drug-likeness (QED) is 0.798. The third kappa shape index (κ3) is 2.58. The molecule has 1 atom stereocenters. The molecule has 2 rings (SSSR count). The molecule has 0 bridgehead atoms. The van der Waals surface area contributed by atoms with E-state index in [0.717, 1.165) is 7.11 Å². The summed E-state index contributed by atoms with van der Waals surface area (Å²) in [4.78, 5) is 12.0. The van der Waals surface area contributed by atoms with E-state index in [4.69, 9.17) is 11.6 Å². The molecule has 99 valence electrons. The van der Waals surface area contributed by atoms with Crippen LogP contribution in [0.15, 0.2) is 40.1 Å². The van der Waals surface area contributed by atoms with Crippen molar-refractivity contribution in [3.8, 4) is 0 Å². The van der Waals surface area contributed by atoms with Crippen molar-refractivity contribution < 1.29 is 18.3 Å². The molecule has 0 saturated carbocycles. The van der Waals surface area contributed by atoms with Gasteiger partial charge < -0.3 is 4.74 Å². The predicted octanol–water partition coefficient (Wildman–Crippen LogP) is 4.25. The van der Waals surface area contributed by atoms with E-state index in [2.05, 4.69) is 26.7 Å². The van der Waals surface area contributed by atoms with Crippen molar-refractivity contribution in [2.45, 2.75) is 5.92 Å². The Morgan fingerprint density at radius 3 is 2.74 bits per heavy atom. The lowest BCUT2D eigenvalue weighted by atomic mass is 9.89. The second-order valence-electron chi connectivity index (χ2n) is 3.77. The number of ether oxygens (including phenoxy) is 1. The average Bonchev–Trinajstić information content (AvgIpc) is 2.38. The molecule has 0 aromatic heterocycles. The van der Waals surface area contributed by atoms with E-state index in [1.807, 2.05) is 0 Å². The van der Waals surface area contributed by atoms with Gasteiger partial charge in [0, 0.05) is 15.6 Å². The molecule has 0 fully saturated rings. The Morgan fingerprint density at radius 1 is 1.42 bits per heavy atom. The topological polar surface area (TPSA) is 26.3 Å². The van der Waals surface area contributed by atoms with Crippen LogP contribution in [-0.4, -0.2) is 12.9 Å². The number of benzene rings is 1. The molecule has 1 aliphatic rings. The fourth-order valence-corrected chi connectivity index (χ4v) is 2.35. The van der Waals surface area contributed by atoms with Crippen molar-refractivity contribution in [1.82, 2.24) is 0 Å². The molecule has 6 heteroatoms. The summed E-state index contributed by atoms with van der Waals surface area (Å²) in [5, 5.41) is 0.264. The number of hydrogen-bond acceptors (Lipinski definition) is 2.